The zero-order chi connectivity index (χ0) is 13.1. The van der Waals surface area contributed by atoms with Crippen molar-refractivity contribution in [1.82, 2.24) is 15.2 Å². The van der Waals surface area contributed by atoms with Crippen molar-refractivity contribution >= 4 is 5.91 Å². The minimum absolute atomic E-state index is 0. The van der Waals surface area contributed by atoms with Gasteiger partial charge in [0.15, 0.2) is 0 Å². The third-order valence-corrected chi connectivity index (χ3v) is 3.50. The molecular formula is C14H23N3O. The van der Waals surface area contributed by atoms with Crippen LogP contribution in [0.4, 0.5) is 0 Å². The van der Waals surface area contributed by atoms with Gasteiger partial charge in [0, 0.05) is 38.0 Å². The smallest absolute Gasteiger partial charge is 0.254 e. The third kappa shape index (κ3) is 2.70. The lowest BCUT2D eigenvalue weighted by Gasteiger charge is -2.17. The summed E-state index contributed by atoms with van der Waals surface area (Å²) in [7, 11) is 1.95. The van der Waals surface area contributed by atoms with Gasteiger partial charge in [-0.2, -0.15) is 0 Å². The molecule has 1 aliphatic heterocycles. The zero-order valence-corrected chi connectivity index (χ0v) is 11.3. The Kier molecular flexibility index (Phi) is 3.97. The summed E-state index contributed by atoms with van der Waals surface area (Å²) in [5, 5.41) is 3.22. The van der Waals surface area contributed by atoms with Crippen LogP contribution in [0.3, 0.4) is 0 Å². The lowest BCUT2D eigenvalue weighted by atomic mass is 10.1. The summed E-state index contributed by atoms with van der Waals surface area (Å²) in [5.41, 5.74) is 1.73. The summed E-state index contributed by atoms with van der Waals surface area (Å²) in [4.78, 5) is 18.6. The number of hydrogen-bond acceptors (Lipinski definition) is 3. The molecule has 1 fully saturated rings. The second-order valence-electron chi connectivity index (χ2n) is 5.15. The van der Waals surface area contributed by atoms with E-state index in [2.05, 4.69) is 24.1 Å². The number of aromatic nitrogens is 1. The van der Waals surface area contributed by atoms with Crippen molar-refractivity contribution in [2.45, 2.75) is 32.2 Å². The van der Waals surface area contributed by atoms with Crippen LogP contribution in [0.1, 0.15) is 43.7 Å². The van der Waals surface area contributed by atoms with Crippen LogP contribution in [0.25, 0.3) is 0 Å². The molecule has 4 nitrogen and oxygen atoms in total. The van der Waals surface area contributed by atoms with Crippen LogP contribution < -0.4 is 5.32 Å². The van der Waals surface area contributed by atoms with Gasteiger partial charge < -0.3 is 10.2 Å². The maximum absolute atomic E-state index is 12.4. The predicted octanol–water partition coefficient (Wildman–Crippen LogP) is 1.88. The number of rotatable bonds is 3. The molecule has 0 spiro atoms. The molecule has 1 unspecified atom stereocenters. The Balaban J connectivity index is 0.00000180. The number of likely N-dealkylation sites (tertiary alicyclic amines) is 1. The first-order valence-electron chi connectivity index (χ1n) is 6.54. The molecule has 1 N–H and O–H groups in total. The molecule has 1 amide bonds. The highest BCUT2D eigenvalue weighted by atomic mass is 16.2. The van der Waals surface area contributed by atoms with E-state index >= 15 is 0 Å². The summed E-state index contributed by atoms with van der Waals surface area (Å²) in [6.07, 6.45) is 2.76. The molecule has 2 heterocycles. The monoisotopic (exact) mass is 249 g/mol. The van der Waals surface area contributed by atoms with Crippen LogP contribution in [-0.4, -0.2) is 42.0 Å². The van der Waals surface area contributed by atoms with E-state index in [1.807, 2.05) is 18.0 Å². The normalized spacial score (nSPS) is 19.6. The molecule has 0 radical (unpaired) electrons. The van der Waals surface area contributed by atoms with Gasteiger partial charge in [0.25, 0.3) is 5.91 Å². The summed E-state index contributed by atoms with van der Waals surface area (Å²) in [6.45, 7) is 5.81. The molecule has 2 rings (SSSR count). The van der Waals surface area contributed by atoms with Gasteiger partial charge in [0.05, 0.1) is 0 Å². The molecule has 0 aliphatic carbocycles. The SMILES string of the molecule is CNC1CCN(C(=O)c2ccnc(C(C)C)c2)C1.[HH]. The average molecular weight is 249 g/mol. The van der Waals surface area contributed by atoms with Crippen LogP contribution in [0.2, 0.25) is 0 Å². The molecule has 0 bridgehead atoms. The molecule has 4 heteroatoms. The van der Waals surface area contributed by atoms with Gasteiger partial charge in [-0.15, -0.1) is 0 Å². The van der Waals surface area contributed by atoms with E-state index in [4.69, 9.17) is 0 Å². The van der Waals surface area contributed by atoms with Crippen molar-refractivity contribution in [2.75, 3.05) is 20.1 Å². The Hall–Kier alpha value is -1.42. The zero-order valence-electron chi connectivity index (χ0n) is 11.3. The van der Waals surface area contributed by atoms with E-state index in [9.17, 15) is 4.79 Å². The first-order chi connectivity index (χ1) is 8.61. The van der Waals surface area contributed by atoms with Gasteiger partial charge in [0.2, 0.25) is 0 Å². The summed E-state index contributed by atoms with van der Waals surface area (Å²) >= 11 is 0. The van der Waals surface area contributed by atoms with Gasteiger partial charge in [0.1, 0.15) is 0 Å². The Bertz CT molecular complexity index is 436. The number of nitrogens with one attached hydrogen (secondary N) is 1. The second kappa shape index (κ2) is 5.48. The van der Waals surface area contributed by atoms with Gasteiger partial charge in [-0.1, -0.05) is 13.8 Å². The molecule has 1 atom stereocenters. The van der Waals surface area contributed by atoms with Crippen LogP contribution in [0.5, 0.6) is 0 Å². The van der Waals surface area contributed by atoms with Crippen molar-refractivity contribution in [2.24, 2.45) is 0 Å². The highest BCUT2D eigenvalue weighted by molar-refractivity contribution is 5.94. The quantitative estimate of drug-likeness (QED) is 0.889. The second-order valence-corrected chi connectivity index (χ2v) is 5.15. The van der Waals surface area contributed by atoms with Gasteiger partial charge >= 0.3 is 0 Å². The highest BCUT2D eigenvalue weighted by Gasteiger charge is 2.26. The maximum atomic E-state index is 12.4. The number of amides is 1. The lowest BCUT2D eigenvalue weighted by Crippen LogP contribution is -2.33. The van der Waals surface area contributed by atoms with Crippen molar-refractivity contribution in [3.63, 3.8) is 0 Å². The van der Waals surface area contributed by atoms with Crippen LogP contribution in [-0.2, 0) is 0 Å². The molecule has 1 aliphatic rings. The maximum Gasteiger partial charge on any atom is 0.254 e. The first-order valence-corrected chi connectivity index (χ1v) is 6.54. The van der Waals surface area contributed by atoms with E-state index in [0.29, 0.717) is 12.0 Å². The third-order valence-electron chi connectivity index (χ3n) is 3.50. The van der Waals surface area contributed by atoms with E-state index in [-0.39, 0.29) is 7.33 Å². The van der Waals surface area contributed by atoms with Gasteiger partial charge in [-0.3, -0.25) is 9.78 Å². The van der Waals surface area contributed by atoms with Gasteiger partial charge in [-0.05, 0) is 31.5 Å². The average Bonchev–Trinajstić information content (AvgIpc) is 2.86. The van der Waals surface area contributed by atoms with Crippen molar-refractivity contribution < 1.29 is 6.22 Å². The summed E-state index contributed by atoms with van der Waals surface area (Å²) < 4.78 is 0. The van der Waals surface area contributed by atoms with E-state index in [1.165, 1.54) is 0 Å². The van der Waals surface area contributed by atoms with Gasteiger partial charge in [-0.25, -0.2) is 0 Å². The van der Waals surface area contributed by atoms with Crippen LogP contribution >= 0.6 is 0 Å². The van der Waals surface area contributed by atoms with Crippen LogP contribution in [0, 0.1) is 0 Å². The van der Waals surface area contributed by atoms with E-state index in [1.54, 1.807) is 12.3 Å². The highest BCUT2D eigenvalue weighted by Crippen LogP contribution is 2.16. The minimum Gasteiger partial charge on any atom is -0.337 e. The standard InChI is InChI=1S/C14H21N3O.H2/c1-10(2)13-8-11(4-6-16-13)14(18)17-7-5-12(9-17)15-3;/h4,6,8,10,12,15H,5,7,9H2,1-3H3;1H. The predicted molar refractivity (Wildman–Crippen MR) is 73.8 cm³/mol. The van der Waals surface area contributed by atoms with Crippen LogP contribution in [0.15, 0.2) is 18.3 Å². The molecule has 1 saturated heterocycles. The van der Waals surface area contributed by atoms with E-state index in [0.717, 1.165) is 30.8 Å². The molecule has 18 heavy (non-hydrogen) atoms. The number of pyridine rings is 1. The Morgan fingerprint density at radius 2 is 2.39 bits per heavy atom. The fraction of sp³-hybridized carbons (Fsp3) is 0.571. The minimum atomic E-state index is 0. The summed E-state index contributed by atoms with van der Waals surface area (Å²) in [5.74, 6) is 0.471. The molecule has 0 aromatic carbocycles. The van der Waals surface area contributed by atoms with Crippen molar-refractivity contribution in [3.8, 4) is 0 Å². The molecule has 100 valence electrons. The van der Waals surface area contributed by atoms with Crippen molar-refractivity contribution in [1.29, 1.82) is 0 Å². The summed E-state index contributed by atoms with van der Waals surface area (Å²) in [6, 6.07) is 4.15. The fourth-order valence-electron chi connectivity index (χ4n) is 2.26. The molecule has 1 aromatic heterocycles. The number of hydrogen-bond donors (Lipinski definition) is 1. The van der Waals surface area contributed by atoms with E-state index < -0.39 is 0 Å². The topological polar surface area (TPSA) is 45.2 Å². The first kappa shape index (κ1) is 13.0. The number of nitrogens with zero attached hydrogens (tertiary/aromatic N) is 2. The fourth-order valence-corrected chi connectivity index (χ4v) is 2.26. The number of carbonyl (C=O) groups is 1. The Morgan fingerprint density at radius 1 is 1.61 bits per heavy atom. The van der Waals surface area contributed by atoms with Crippen molar-refractivity contribution in [3.05, 3.63) is 29.6 Å². The Labute approximate surface area is 110 Å². The molecule has 1 aromatic rings. The molecule has 0 saturated carbocycles. The number of likely N-dealkylation sites (N-methyl/N-ethyl adjacent to an activating group) is 1. The molecular weight excluding hydrogens is 226 g/mol. The Morgan fingerprint density at radius 3 is 3.00 bits per heavy atom. The lowest BCUT2D eigenvalue weighted by molar-refractivity contribution is 0.0789. The number of carbonyl (C=O) groups excluding carboxylic acids is 1. The largest absolute Gasteiger partial charge is 0.337 e.